The van der Waals surface area contributed by atoms with E-state index in [0.717, 1.165) is 29.4 Å². The van der Waals surface area contributed by atoms with Gasteiger partial charge in [0.25, 0.3) is 0 Å². The Morgan fingerprint density at radius 3 is 2.68 bits per heavy atom. The number of aromatic nitrogens is 2. The van der Waals surface area contributed by atoms with Gasteiger partial charge < -0.3 is 9.47 Å². The van der Waals surface area contributed by atoms with E-state index in [1.54, 1.807) is 0 Å². The van der Waals surface area contributed by atoms with Crippen LogP contribution in [0.25, 0.3) is 16.9 Å². The van der Waals surface area contributed by atoms with Crippen LogP contribution >= 0.6 is 11.8 Å². The van der Waals surface area contributed by atoms with Crippen LogP contribution in [0.15, 0.2) is 59.9 Å². The Kier molecular flexibility index (Phi) is 3.67. The number of para-hydroxylation sites is 1. The van der Waals surface area contributed by atoms with Crippen molar-refractivity contribution in [1.29, 1.82) is 0 Å². The van der Waals surface area contributed by atoms with E-state index in [1.165, 1.54) is 23.0 Å². The summed E-state index contributed by atoms with van der Waals surface area (Å²) in [7, 11) is 0. The van der Waals surface area contributed by atoms with E-state index in [1.807, 2.05) is 17.8 Å². The highest BCUT2D eigenvalue weighted by atomic mass is 32.2. The highest BCUT2D eigenvalue weighted by molar-refractivity contribution is 7.99. The van der Waals surface area contributed by atoms with E-state index in [-0.39, 0.29) is 0 Å². The van der Waals surface area contributed by atoms with Crippen LogP contribution in [-0.4, -0.2) is 23.5 Å². The van der Waals surface area contributed by atoms with Crippen molar-refractivity contribution < 1.29 is 14.0 Å². The summed E-state index contributed by atoms with van der Waals surface area (Å²) >= 11 is 1.92. The topological polar surface area (TPSA) is 27.3 Å². The minimum atomic E-state index is 0.608. The van der Waals surface area contributed by atoms with Gasteiger partial charge in [-0.05, 0) is 48.5 Å². The lowest BCUT2D eigenvalue weighted by Crippen LogP contribution is -2.37. The Morgan fingerprint density at radius 2 is 1.80 bits per heavy atom. The molecule has 0 spiro atoms. The second-order valence-corrected chi connectivity index (χ2v) is 7.28. The Morgan fingerprint density at radius 1 is 0.960 bits per heavy atom. The second-order valence-electron chi connectivity index (χ2n) is 6.22. The van der Waals surface area contributed by atoms with Gasteiger partial charge in [0.2, 0.25) is 0 Å². The monoisotopic (exact) mass is 351 g/mol. The maximum Gasteiger partial charge on any atom is 0.323 e. The lowest BCUT2D eigenvalue weighted by molar-refractivity contribution is -0.734. The number of ether oxygens (including phenoxy) is 2. The van der Waals surface area contributed by atoms with Crippen LogP contribution in [0.3, 0.4) is 0 Å². The van der Waals surface area contributed by atoms with Gasteiger partial charge in [-0.15, -0.1) is 0 Å². The van der Waals surface area contributed by atoms with Crippen LogP contribution in [0.5, 0.6) is 11.5 Å². The minimum absolute atomic E-state index is 0.608. The summed E-state index contributed by atoms with van der Waals surface area (Å²) < 4.78 is 16.2. The molecule has 2 aliphatic rings. The molecular weight excluding hydrogens is 332 g/mol. The van der Waals surface area contributed by atoms with Crippen molar-refractivity contribution in [1.82, 2.24) is 4.57 Å². The van der Waals surface area contributed by atoms with E-state index in [0.29, 0.717) is 13.2 Å². The lowest BCUT2D eigenvalue weighted by Gasteiger charge is -2.18. The highest BCUT2D eigenvalue weighted by Crippen LogP contribution is 2.37. The van der Waals surface area contributed by atoms with Gasteiger partial charge in [0.15, 0.2) is 17.2 Å². The highest BCUT2D eigenvalue weighted by Gasteiger charge is 2.29. The normalized spacial score (nSPS) is 15.7. The number of imidazole rings is 1. The van der Waals surface area contributed by atoms with Crippen LogP contribution < -0.4 is 14.0 Å². The van der Waals surface area contributed by atoms with Crippen LogP contribution in [-0.2, 0) is 6.54 Å². The van der Waals surface area contributed by atoms with Gasteiger partial charge in [-0.3, -0.25) is 0 Å². The molecule has 0 N–H and O–H groups in total. The third-order valence-electron chi connectivity index (χ3n) is 4.58. The molecule has 1 aromatic heterocycles. The number of hydrogen-bond acceptors (Lipinski definition) is 3. The van der Waals surface area contributed by atoms with E-state index in [4.69, 9.17) is 9.47 Å². The Bertz CT molecular complexity index is 921. The van der Waals surface area contributed by atoms with Crippen molar-refractivity contribution in [2.24, 2.45) is 0 Å². The summed E-state index contributed by atoms with van der Waals surface area (Å²) in [6.45, 7) is 2.30. The number of rotatable bonds is 2. The Labute approximate surface area is 151 Å². The zero-order chi connectivity index (χ0) is 16.6. The van der Waals surface area contributed by atoms with Gasteiger partial charge in [-0.2, -0.15) is 4.57 Å². The molecule has 0 unspecified atom stereocenters. The van der Waals surface area contributed by atoms with Crippen molar-refractivity contribution >= 4 is 11.8 Å². The van der Waals surface area contributed by atoms with Crippen LogP contribution in [0, 0.1) is 0 Å². The van der Waals surface area contributed by atoms with E-state index in [9.17, 15) is 0 Å². The number of nitrogens with zero attached hydrogens (tertiary/aromatic N) is 2. The molecule has 2 aromatic carbocycles. The van der Waals surface area contributed by atoms with Gasteiger partial charge in [0.1, 0.15) is 25.1 Å². The molecule has 0 radical (unpaired) electrons. The van der Waals surface area contributed by atoms with Gasteiger partial charge >= 0.3 is 5.16 Å². The van der Waals surface area contributed by atoms with Gasteiger partial charge in [0.05, 0.1) is 6.54 Å². The van der Waals surface area contributed by atoms with E-state index >= 15 is 0 Å². The first-order chi connectivity index (χ1) is 12.4. The molecule has 0 aliphatic carbocycles. The standard InChI is InChI=1S/C20H19N2O2S/c1-2-5-16(6-3-1)22-17(14-21-9-4-12-25-20(21)22)15-7-8-18-19(13-15)24-11-10-23-18/h1-3,5-8,13-14H,4,9-12H2/q+1. The summed E-state index contributed by atoms with van der Waals surface area (Å²) in [6.07, 6.45) is 3.47. The summed E-state index contributed by atoms with van der Waals surface area (Å²) in [5, 5.41) is 1.29. The molecule has 0 amide bonds. The van der Waals surface area contributed by atoms with Crippen molar-refractivity contribution in [3.63, 3.8) is 0 Å². The third-order valence-corrected chi connectivity index (χ3v) is 5.75. The van der Waals surface area contributed by atoms with Gasteiger partial charge in [0, 0.05) is 11.3 Å². The van der Waals surface area contributed by atoms with Gasteiger partial charge in [-0.1, -0.05) is 18.2 Å². The predicted molar refractivity (Wildman–Crippen MR) is 97.7 cm³/mol. The maximum atomic E-state index is 5.79. The fraction of sp³-hybridized carbons (Fsp3) is 0.250. The van der Waals surface area contributed by atoms with Crippen LogP contribution in [0.1, 0.15) is 6.42 Å². The number of hydrogen-bond donors (Lipinski definition) is 0. The molecule has 2 aliphatic heterocycles. The number of benzene rings is 2. The summed E-state index contributed by atoms with van der Waals surface area (Å²) in [5.41, 5.74) is 3.53. The molecule has 3 heterocycles. The smallest absolute Gasteiger partial charge is 0.323 e. The van der Waals surface area contributed by atoms with Crippen molar-refractivity contribution in [3.05, 3.63) is 54.7 Å². The molecule has 5 rings (SSSR count). The fourth-order valence-electron chi connectivity index (χ4n) is 3.43. The zero-order valence-electron chi connectivity index (χ0n) is 13.9. The molecule has 0 bridgehead atoms. The molecule has 25 heavy (non-hydrogen) atoms. The molecule has 4 nitrogen and oxygen atoms in total. The van der Waals surface area contributed by atoms with Crippen LogP contribution in [0.2, 0.25) is 0 Å². The van der Waals surface area contributed by atoms with Crippen LogP contribution in [0.4, 0.5) is 0 Å². The van der Waals surface area contributed by atoms with Crippen molar-refractivity contribution in [2.75, 3.05) is 19.0 Å². The molecule has 0 saturated carbocycles. The predicted octanol–water partition coefficient (Wildman–Crippen LogP) is 3.70. The molecule has 126 valence electrons. The molecule has 5 heteroatoms. The summed E-state index contributed by atoms with van der Waals surface area (Å²) in [6, 6.07) is 16.8. The average Bonchev–Trinajstić information content (AvgIpc) is 3.08. The van der Waals surface area contributed by atoms with E-state index in [2.05, 4.69) is 57.8 Å². The molecular formula is C20H19N2O2S+. The largest absolute Gasteiger partial charge is 0.486 e. The van der Waals surface area contributed by atoms with Crippen molar-refractivity contribution in [2.45, 2.75) is 18.1 Å². The summed E-state index contributed by atoms with van der Waals surface area (Å²) in [4.78, 5) is 0. The first kappa shape index (κ1) is 14.9. The Hall–Kier alpha value is -2.40. The molecule has 0 fully saturated rings. The number of aryl methyl sites for hydroxylation is 1. The first-order valence-electron chi connectivity index (χ1n) is 8.63. The fourth-order valence-corrected chi connectivity index (χ4v) is 4.53. The minimum Gasteiger partial charge on any atom is -0.486 e. The quantitative estimate of drug-likeness (QED) is 0.659. The van der Waals surface area contributed by atoms with Gasteiger partial charge in [-0.25, -0.2) is 4.57 Å². The first-order valence-corrected chi connectivity index (χ1v) is 9.62. The third kappa shape index (κ3) is 2.59. The lowest BCUT2D eigenvalue weighted by atomic mass is 10.1. The van der Waals surface area contributed by atoms with E-state index < -0.39 is 0 Å². The molecule has 0 saturated heterocycles. The number of fused-ring (bicyclic) bond motifs is 2. The van der Waals surface area contributed by atoms with Crippen molar-refractivity contribution in [3.8, 4) is 28.4 Å². The molecule has 0 atom stereocenters. The average molecular weight is 351 g/mol. The maximum absolute atomic E-state index is 5.79. The SMILES string of the molecule is c1ccc(-n2c(-c3ccc4c(c3)OCCO4)c[n+]3c2SCCC3)cc1. The Balaban J connectivity index is 1.70. The second kappa shape index (κ2) is 6.15. The number of thioether (sulfide) groups is 1. The summed E-state index contributed by atoms with van der Waals surface area (Å²) in [5.74, 6) is 2.83. The molecule has 3 aromatic rings. The zero-order valence-corrected chi connectivity index (χ0v) is 14.7.